The van der Waals surface area contributed by atoms with Crippen LogP contribution in [0.15, 0.2) is 17.3 Å². The monoisotopic (exact) mass is 246 g/mol. The molecule has 1 rings (SSSR count). The van der Waals surface area contributed by atoms with Gasteiger partial charge in [0.15, 0.2) is 5.03 Å². The van der Waals surface area contributed by atoms with Crippen molar-refractivity contribution >= 4 is 15.9 Å². The number of H-pyrrole nitrogens is 1. The molecule has 0 fully saturated rings. The topological polar surface area (TPSA) is 95.2 Å². The summed E-state index contributed by atoms with van der Waals surface area (Å²) in [6.07, 6.45) is 1.33. The molecule has 1 aromatic heterocycles. The number of carbonyl (C=O) groups excluding carboxylic acids is 1. The summed E-state index contributed by atoms with van der Waals surface area (Å²) in [5.74, 6) is -0.286. The molecule has 0 aromatic carbocycles. The lowest BCUT2D eigenvalue weighted by molar-refractivity contribution is -0.128. The van der Waals surface area contributed by atoms with Crippen molar-refractivity contribution in [1.82, 2.24) is 19.8 Å². The summed E-state index contributed by atoms with van der Waals surface area (Å²) in [6, 6.07) is 1.32. The van der Waals surface area contributed by atoms with Gasteiger partial charge in [0.25, 0.3) is 10.0 Å². The van der Waals surface area contributed by atoms with E-state index in [1.165, 1.54) is 17.2 Å². The molecular formula is C8H14N4O3S. The van der Waals surface area contributed by atoms with Crippen LogP contribution >= 0.6 is 0 Å². The molecule has 1 aromatic rings. The highest BCUT2D eigenvalue weighted by Crippen LogP contribution is 2.01. The Labute approximate surface area is 93.9 Å². The molecule has 0 aliphatic heterocycles. The van der Waals surface area contributed by atoms with Gasteiger partial charge in [0, 0.05) is 13.6 Å². The molecule has 0 radical (unpaired) electrons. The fourth-order valence-electron chi connectivity index (χ4n) is 0.939. The summed E-state index contributed by atoms with van der Waals surface area (Å²) in [5, 5.41) is 5.79. The van der Waals surface area contributed by atoms with E-state index in [0.717, 1.165) is 0 Å². The molecule has 0 spiro atoms. The molecule has 0 saturated heterocycles. The van der Waals surface area contributed by atoms with Crippen LogP contribution in [0.1, 0.15) is 6.92 Å². The number of likely N-dealkylation sites (N-methyl/N-ethyl adjacent to an activating group) is 1. The number of carbonyl (C=O) groups is 1. The number of rotatable bonds is 5. The Hall–Kier alpha value is -1.41. The number of nitrogens with zero attached hydrogens (tertiary/aromatic N) is 2. The second kappa shape index (κ2) is 5.08. The summed E-state index contributed by atoms with van der Waals surface area (Å²) in [4.78, 5) is 12.8. The molecule has 90 valence electrons. The molecule has 1 heterocycles. The minimum atomic E-state index is -3.67. The van der Waals surface area contributed by atoms with Crippen LogP contribution in [0.5, 0.6) is 0 Å². The molecule has 0 unspecified atom stereocenters. The molecule has 1 amide bonds. The number of amides is 1. The highest BCUT2D eigenvalue weighted by molar-refractivity contribution is 7.89. The largest absolute Gasteiger partial charge is 0.345 e. The van der Waals surface area contributed by atoms with Gasteiger partial charge in [0.2, 0.25) is 5.91 Å². The molecule has 2 N–H and O–H groups in total. The normalized spacial score (nSPS) is 11.4. The van der Waals surface area contributed by atoms with E-state index >= 15 is 0 Å². The minimum absolute atomic E-state index is 0.0561. The van der Waals surface area contributed by atoms with Crippen molar-refractivity contribution in [1.29, 1.82) is 0 Å². The number of sulfonamides is 1. The third-order valence-corrected chi connectivity index (χ3v) is 3.41. The molecule has 0 saturated carbocycles. The van der Waals surface area contributed by atoms with Crippen LogP contribution in [-0.4, -0.2) is 49.6 Å². The summed E-state index contributed by atoms with van der Waals surface area (Å²) in [7, 11) is -2.07. The molecule has 0 bridgehead atoms. The van der Waals surface area contributed by atoms with Crippen LogP contribution in [0, 0.1) is 0 Å². The van der Waals surface area contributed by atoms with Gasteiger partial charge in [0.05, 0.1) is 12.7 Å². The van der Waals surface area contributed by atoms with Crippen molar-refractivity contribution in [3.63, 3.8) is 0 Å². The highest BCUT2D eigenvalue weighted by atomic mass is 32.2. The third-order valence-electron chi connectivity index (χ3n) is 2.08. The lowest BCUT2D eigenvalue weighted by Gasteiger charge is -2.14. The maximum absolute atomic E-state index is 11.6. The summed E-state index contributed by atoms with van der Waals surface area (Å²) < 4.78 is 25.3. The van der Waals surface area contributed by atoms with Crippen molar-refractivity contribution in [3.8, 4) is 0 Å². The Morgan fingerprint density at radius 3 is 2.81 bits per heavy atom. The van der Waals surface area contributed by atoms with E-state index in [-0.39, 0.29) is 17.5 Å². The molecule has 8 heteroatoms. The average Bonchev–Trinajstić information content (AvgIpc) is 2.78. The number of aromatic nitrogens is 2. The van der Waals surface area contributed by atoms with Gasteiger partial charge in [-0.1, -0.05) is 0 Å². The molecule has 7 nitrogen and oxygen atoms in total. The van der Waals surface area contributed by atoms with Crippen LogP contribution in [0.25, 0.3) is 0 Å². The quantitative estimate of drug-likeness (QED) is 0.708. The van der Waals surface area contributed by atoms with Crippen molar-refractivity contribution in [2.24, 2.45) is 0 Å². The van der Waals surface area contributed by atoms with E-state index in [1.54, 1.807) is 14.0 Å². The van der Waals surface area contributed by atoms with Gasteiger partial charge in [-0.15, -0.1) is 0 Å². The van der Waals surface area contributed by atoms with Gasteiger partial charge >= 0.3 is 0 Å². The van der Waals surface area contributed by atoms with Crippen molar-refractivity contribution < 1.29 is 13.2 Å². The number of aromatic amines is 1. The summed E-state index contributed by atoms with van der Waals surface area (Å²) in [6.45, 7) is 2.08. The fourth-order valence-corrected chi connectivity index (χ4v) is 1.82. The smallest absolute Gasteiger partial charge is 0.257 e. The van der Waals surface area contributed by atoms with Crippen molar-refractivity contribution in [3.05, 3.63) is 12.3 Å². The number of hydrogen-bond acceptors (Lipinski definition) is 4. The van der Waals surface area contributed by atoms with Crippen LogP contribution < -0.4 is 4.72 Å². The molecule has 0 aliphatic carbocycles. The van der Waals surface area contributed by atoms with E-state index in [0.29, 0.717) is 6.54 Å². The number of nitrogens with one attached hydrogen (secondary N) is 2. The predicted octanol–water partition coefficient (Wildman–Crippen LogP) is -0.834. The molecular weight excluding hydrogens is 232 g/mol. The van der Waals surface area contributed by atoms with E-state index in [9.17, 15) is 13.2 Å². The highest BCUT2D eigenvalue weighted by Gasteiger charge is 2.17. The Kier molecular flexibility index (Phi) is 4.02. The number of hydrogen-bond donors (Lipinski definition) is 2. The van der Waals surface area contributed by atoms with E-state index < -0.39 is 10.0 Å². The lowest BCUT2D eigenvalue weighted by atomic mass is 10.5. The maximum atomic E-state index is 11.6. The van der Waals surface area contributed by atoms with Crippen molar-refractivity contribution in [2.75, 3.05) is 20.1 Å². The van der Waals surface area contributed by atoms with Crippen molar-refractivity contribution in [2.45, 2.75) is 11.9 Å². The standard InChI is InChI=1S/C8H14N4O3S/c1-3-12(2)8(13)6-10-16(14,15)7-4-5-9-11-7/h4-5,10H,3,6H2,1-2H3,(H,9,11). The molecule has 0 aliphatic rings. The second-order valence-electron chi connectivity index (χ2n) is 3.15. The Morgan fingerprint density at radius 2 is 2.31 bits per heavy atom. The first-order chi connectivity index (χ1) is 7.47. The fraction of sp³-hybridized carbons (Fsp3) is 0.500. The Morgan fingerprint density at radius 1 is 1.62 bits per heavy atom. The SMILES string of the molecule is CCN(C)C(=O)CNS(=O)(=O)c1ccn[nH]1. The van der Waals surface area contributed by atoms with Crippen LogP contribution in [0.4, 0.5) is 0 Å². The Bertz CT molecular complexity index is 440. The first-order valence-corrected chi connectivity index (χ1v) is 6.18. The summed E-state index contributed by atoms with van der Waals surface area (Å²) >= 11 is 0. The molecule has 16 heavy (non-hydrogen) atoms. The van der Waals surface area contributed by atoms with Gasteiger partial charge < -0.3 is 4.90 Å². The van der Waals surface area contributed by atoms with Gasteiger partial charge in [0.1, 0.15) is 0 Å². The maximum Gasteiger partial charge on any atom is 0.257 e. The molecule has 0 atom stereocenters. The van der Waals surface area contributed by atoms with Crippen LogP contribution in [0.3, 0.4) is 0 Å². The minimum Gasteiger partial charge on any atom is -0.345 e. The van der Waals surface area contributed by atoms with Gasteiger partial charge in [-0.05, 0) is 13.0 Å². The first kappa shape index (κ1) is 12.7. The zero-order valence-corrected chi connectivity index (χ0v) is 9.91. The van der Waals surface area contributed by atoms with E-state index in [1.807, 2.05) is 0 Å². The van der Waals surface area contributed by atoms with Gasteiger partial charge in [-0.3, -0.25) is 9.89 Å². The van der Waals surface area contributed by atoms with Crippen LogP contribution in [-0.2, 0) is 14.8 Å². The third kappa shape index (κ3) is 3.04. The van der Waals surface area contributed by atoms with Crippen LogP contribution in [0.2, 0.25) is 0 Å². The Balaban J connectivity index is 2.59. The second-order valence-corrected chi connectivity index (χ2v) is 4.89. The van der Waals surface area contributed by atoms with E-state index in [2.05, 4.69) is 14.9 Å². The zero-order chi connectivity index (χ0) is 12.2. The van der Waals surface area contributed by atoms with E-state index in [4.69, 9.17) is 0 Å². The predicted molar refractivity (Wildman–Crippen MR) is 57.1 cm³/mol. The first-order valence-electron chi connectivity index (χ1n) is 4.70. The lowest BCUT2D eigenvalue weighted by Crippen LogP contribution is -2.38. The van der Waals surface area contributed by atoms with Gasteiger partial charge in [-0.2, -0.15) is 5.10 Å². The van der Waals surface area contributed by atoms with Gasteiger partial charge in [-0.25, -0.2) is 13.1 Å². The zero-order valence-electron chi connectivity index (χ0n) is 9.10. The summed E-state index contributed by atoms with van der Waals surface area (Å²) in [5.41, 5.74) is 0. The average molecular weight is 246 g/mol.